The highest BCUT2D eigenvalue weighted by atomic mass is 32.1. The molecule has 4 aromatic heterocycles. The molecule has 4 aromatic rings. The van der Waals surface area contributed by atoms with E-state index in [9.17, 15) is 9.59 Å². The third kappa shape index (κ3) is 5.01. The van der Waals surface area contributed by atoms with Crippen molar-refractivity contribution in [2.24, 2.45) is 13.0 Å². The van der Waals surface area contributed by atoms with Crippen molar-refractivity contribution in [3.63, 3.8) is 0 Å². The van der Waals surface area contributed by atoms with Crippen molar-refractivity contribution in [1.29, 1.82) is 0 Å². The smallest absolute Gasteiger partial charge is 0.262 e. The lowest BCUT2D eigenvalue weighted by atomic mass is 9.97. The first-order valence-electron chi connectivity index (χ1n) is 11.5. The molecule has 0 spiro atoms. The first-order chi connectivity index (χ1) is 16.5. The molecule has 4 heterocycles. The van der Waals surface area contributed by atoms with Crippen molar-refractivity contribution in [2.45, 2.75) is 44.7 Å². The molecular formula is C24H27N7O2S. The van der Waals surface area contributed by atoms with Crippen LogP contribution in [0.1, 0.15) is 46.7 Å². The summed E-state index contributed by atoms with van der Waals surface area (Å²) in [5.74, 6) is 0.0168. The average Bonchev–Trinajstić information content (AvgIpc) is 3.63. The Morgan fingerprint density at radius 3 is 2.79 bits per heavy atom. The van der Waals surface area contributed by atoms with Crippen LogP contribution in [0.25, 0.3) is 10.9 Å². The van der Waals surface area contributed by atoms with E-state index >= 15 is 0 Å². The Balaban J connectivity index is 1.27. The molecule has 1 aliphatic carbocycles. The van der Waals surface area contributed by atoms with Gasteiger partial charge < -0.3 is 10.6 Å². The third-order valence-corrected chi connectivity index (χ3v) is 7.34. The second-order valence-electron chi connectivity index (χ2n) is 8.81. The first-order valence-corrected chi connectivity index (χ1v) is 12.3. The van der Waals surface area contributed by atoms with E-state index in [1.54, 1.807) is 42.7 Å². The first kappa shape index (κ1) is 22.3. The van der Waals surface area contributed by atoms with Gasteiger partial charge in [0.25, 0.3) is 5.91 Å². The minimum atomic E-state index is -0.594. The van der Waals surface area contributed by atoms with Gasteiger partial charge in [-0.3, -0.25) is 23.9 Å². The summed E-state index contributed by atoms with van der Waals surface area (Å²) in [5.41, 5.74) is 1.62. The number of hydrogen-bond donors (Lipinski definition) is 2. The molecule has 176 valence electrons. The van der Waals surface area contributed by atoms with Gasteiger partial charge in [-0.05, 0) is 30.5 Å². The van der Waals surface area contributed by atoms with Crippen LogP contribution < -0.4 is 10.6 Å². The second-order valence-corrected chi connectivity index (χ2v) is 9.98. The van der Waals surface area contributed by atoms with Gasteiger partial charge in [-0.2, -0.15) is 10.2 Å². The Hall–Kier alpha value is -3.53. The third-order valence-electron chi connectivity index (χ3n) is 6.27. The monoisotopic (exact) mass is 477 g/mol. The van der Waals surface area contributed by atoms with Gasteiger partial charge in [-0.1, -0.05) is 25.7 Å². The molecule has 0 aromatic carbocycles. The molecule has 2 amide bonds. The van der Waals surface area contributed by atoms with Crippen molar-refractivity contribution in [3.8, 4) is 0 Å². The summed E-state index contributed by atoms with van der Waals surface area (Å²) in [4.78, 5) is 31.9. The number of nitrogens with zero attached hydrogens (tertiary/aromatic N) is 5. The highest BCUT2D eigenvalue weighted by molar-refractivity contribution is 7.14. The van der Waals surface area contributed by atoms with Crippen molar-refractivity contribution in [1.82, 2.24) is 29.9 Å². The van der Waals surface area contributed by atoms with Gasteiger partial charge in [0, 0.05) is 35.9 Å². The number of carbonyl (C=O) groups is 2. The van der Waals surface area contributed by atoms with E-state index in [4.69, 9.17) is 0 Å². The molecule has 1 aliphatic rings. The van der Waals surface area contributed by atoms with Crippen LogP contribution in [-0.2, 0) is 18.4 Å². The summed E-state index contributed by atoms with van der Waals surface area (Å²) in [6.07, 6.45) is 13.9. The number of aromatic nitrogens is 5. The molecule has 1 saturated carbocycles. The molecule has 0 bridgehead atoms. The van der Waals surface area contributed by atoms with Gasteiger partial charge in [0.1, 0.15) is 6.04 Å². The second kappa shape index (κ2) is 9.76. The van der Waals surface area contributed by atoms with E-state index in [1.165, 1.54) is 24.2 Å². The van der Waals surface area contributed by atoms with Crippen LogP contribution in [0.4, 0.5) is 5.69 Å². The fourth-order valence-electron chi connectivity index (χ4n) is 4.54. The lowest BCUT2D eigenvalue weighted by Gasteiger charge is -2.21. The number of anilines is 1. The highest BCUT2D eigenvalue weighted by Gasteiger charge is 2.27. The van der Waals surface area contributed by atoms with E-state index in [0.29, 0.717) is 29.4 Å². The number of fused-ring (bicyclic) bond motifs is 1. The maximum Gasteiger partial charge on any atom is 0.262 e. The number of aryl methyl sites for hydroxylation is 1. The van der Waals surface area contributed by atoms with Crippen molar-refractivity contribution in [2.75, 3.05) is 5.32 Å². The van der Waals surface area contributed by atoms with Crippen LogP contribution in [0.15, 0.2) is 49.2 Å². The molecule has 2 N–H and O–H groups in total. The highest BCUT2D eigenvalue weighted by Crippen LogP contribution is 2.29. The Morgan fingerprint density at radius 1 is 1.15 bits per heavy atom. The van der Waals surface area contributed by atoms with Gasteiger partial charge in [-0.25, -0.2) is 0 Å². The maximum absolute atomic E-state index is 13.1. The minimum Gasteiger partial charge on any atom is -0.340 e. The fourth-order valence-corrected chi connectivity index (χ4v) is 5.44. The summed E-state index contributed by atoms with van der Waals surface area (Å²) >= 11 is 1.42. The molecule has 34 heavy (non-hydrogen) atoms. The zero-order valence-electron chi connectivity index (χ0n) is 19.0. The zero-order valence-corrected chi connectivity index (χ0v) is 19.8. The molecule has 0 radical (unpaired) electrons. The molecule has 0 unspecified atom stereocenters. The standard InChI is InChI=1S/C24H27N7O2S/c1-30-14-18(13-26-30)28-23(32)20(10-16-4-2-3-5-16)29-24(33)22-7-6-19(34-22)15-31-21-8-9-25-11-17(21)12-27-31/h6-9,11-14,16,20H,2-5,10,15H2,1H3,(H,28,32)(H,29,33)/t20-/m0/s1. The number of thiophene rings is 1. The van der Waals surface area contributed by atoms with E-state index in [2.05, 4.69) is 25.8 Å². The number of hydrogen-bond acceptors (Lipinski definition) is 6. The number of nitrogens with one attached hydrogen (secondary N) is 2. The van der Waals surface area contributed by atoms with Gasteiger partial charge in [-0.15, -0.1) is 11.3 Å². The van der Waals surface area contributed by atoms with Gasteiger partial charge in [0.05, 0.1) is 35.0 Å². The lowest BCUT2D eigenvalue weighted by molar-refractivity contribution is -0.118. The van der Waals surface area contributed by atoms with Crippen LogP contribution in [0.2, 0.25) is 0 Å². The predicted octanol–water partition coefficient (Wildman–Crippen LogP) is 3.59. The molecule has 1 fully saturated rings. The molecule has 0 aliphatic heterocycles. The summed E-state index contributed by atoms with van der Waals surface area (Å²) in [5, 5.41) is 15.4. The lowest BCUT2D eigenvalue weighted by Crippen LogP contribution is -2.44. The fraction of sp³-hybridized carbons (Fsp3) is 0.375. The van der Waals surface area contributed by atoms with Crippen LogP contribution >= 0.6 is 11.3 Å². The number of pyridine rings is 1. The minimum absolute atomic E-state index is 0.207. The van der Waals surface area contributed by atoms with Crippen molar-refractivity contribution >= 4 is 39.7 Å². The van der Waals surface area contributed by atoms with E-state index < -0.39 is 6.04 Å². The average molecular weight is 478 g/mol. The molecule has 9 nitrogen and oxygen atoms in total. The van der Waals surface area contributed by atoms with Gasteiger partial charge in [0.15, 0.2) is 0 Å². The van der Waals surface area contributed by atoms with Gasteiger partial charge in [0.2, 0.25) is 5.91 Å². The molecule has 1 atom stereocenters. The quantitative estimate of drug-likeness (QED) is 0.403. The van der Waals surface area contributed by atoms with E-state index in [1.807, 2.05) is 22.9 Å². The van der Waals surface area contributed by atoms with Crippen LogP contribution in [0.5, 0.6) is 0 Å². The number of amides is 2. The predicted molar refractivity (Wildman–Crippen MR) is 131 cm³/mol. The maximum atomic E-state index is 13.1. The van der Waals surface area contributed by atoms with Crippen LogP contribution in [0, 0.1) is 5.92 Å². The zero-order chi connectivity index (χ0) is 23.5. The van der Waals surface area contributed by atoms with Crippen LogP contribution in [0.3, 0.4) is 0 Å². The Kier molecular flexibility index (Phi) is 6.39. The SMILES string of the molecule is Cn1cc(NC(=O)[C@H](CC2CCCC2)NC(=O)c2ccc(Cn3ncc4cnccc43)s2)cn1. The molecular weight excluding hydrogens is 450 g/mol. The molecule has 10 heteroatoms. The normalized spacial score (nSPS) is 15.0. The summed E-state index contributed by atoms with van der Waals surface area (Å²) < 4.78 is 3.53. The van der Waals surface area contributed by atoms with Gasteiger partial charge >= 0.3 is 0 Å². The molecule has 0 saturated heterocycles. The van der Waals surface area contributed by atoms with Crippen molar-refractivity contribution < 1.29 is 9.59 Å². The summed E-state index contributed by atoms with van der Waals surface area (Å²) in [6.45, 7) is 0.568. The Morgan fingerprint density at radius 2 is 2.00 bits per heavy atom. The topological polar surface area (TPSA) is 107 Å². The summed E-state index contributed by atoms with van der Waals surface area (Å²) in [6, 6.07) is 5.09. The number of rotatable bonds is 8. The Labute approximate surface area is 201 Å². The van der Waals surface area contributed by atoms with E-state index in [-0.39, 0.29) is 11.8 Å². The summed E-state index contributed by atoms with van der Waals surface area (Å²) in [7, 11) is 1.80. The van der Waals surface area contributed by atoms with E-state index in [0.717, 1.165) is 28.6 Å². The van der Waals surface area contributed by atoms with Crippen LogP contribution in [-0.4, -0.2) is 42.4 Å². The number of carbonyl (C=O) groups excluding carboxylic acids is 2. The largest absolute Gasteiger partial charge is 0.340 e. The molecule has 5 rings (SSSR count). The van der Waals surface area contributed by atoms with Crippen molar-refractivity contribution in [3.05, 3.63) is 58.9 Å². The Bertz CT molecular complexity index is 1300.